The SMILES string of the molecule is CCCN1C(=O)C(=O)N(CC(=O)NCCc2ccccc2F)C1=O. The van der Waals surface area contributed by atoms with Crippen LogP contribution in [0.1, 0.15) is 18.9 Å². The van der Waals surface area contributed by atoms with E-state index in [1.54, 1.807) is 25.1 Å². The third kappa shape index (κ3) is 3.76. The van der Waals surface area contributed by atoms with E-state index in [-0.39, 0.29) is 25.3 Å². The number of carbonyl (C=O) groups excluding carboxylic acids is 4. The van der Waals surface area contributed by atoms with E-state index in [1.165, 1.54) is 6.07 Å². The van der Waals surface area contributed by atoms with Crippen molar-refractivity contribution in [2.75, 3.05) is 19.6 Å². The normalized spacial score (nSPS) is 14.5. The maximum Gasteiger partial charge on any atom is 0.334 e. The van der Waals surface area contributed by atoms with Gasteiger partial charge in [-0.05, 0) is 24.5 Å². The lowest BCUT2D eigenvalue weighted by Gasteiger charge is -2.14. The topological polar surface area (TPSA) is 86.8 Å². The van der Waals surface area contributed by atoms with Gasteiger partial charge < -0.3 is 5.32 Å². The van der Waals surface area contributed by atoms with Crippen molar-refractivity contribution < 1.29 is 23.6 Å². The second-order valence-electron chi connectivity index (χ2n) is 5.32. The predicted octanol–water partition coefficient (Wildman–Crippen LogP) is 0.685. The number of nitrogens with zero attached hydrogens (tertiary/aromatic N) is 2. The molecule has 1 saturated heterocycles. The highest BCUT2D eigenvalue weighted by atomic mass is 19.1. The van der Waals surface area contributed by atoms with Crippen LogP contribution in [0.5, 0.6) is 0 Å². The largest absolute Gasteiger partial charge is 0.354 e. The summed E-state index contributed by atoms with van der Waals surface area (Å²) in [5, 5.41) is 2.51. The molecule has 1 aliphatic rings. The number of carbonyl (C=O) groups is 4. The van der Waals surface area contributed by atoms with Gasteiger partial charge in [-0.3, -0.25) is 19.3 Å². The van der Waals surface area contributed by atoms with Gasteiger partial charge in [0.2, 0.25) is 5.91 Å². The van der Waals surface area contributed by atoms with Crippen molar-refractivity contribution in [2.45, 2.75) is 19.8 Å². The van der Waals surface area contributed by atoms with E-state index in [1.807, 2.05) is 0 Å². The summed E-state index contributed by atoms with van der Waals surface area (Å²) in [7, 11) is 0. The van der Waals surface area contributed by atoms with E-state index >= 15 is 0 Å². The van der Waals surface area contributed by atoms with Gasteiger partial charge in [-0.25, -0.2) is 14.1 Å². The third-order valence-electron chi connectivity index (χ3n) is 3.56. The smallest absolute Gasteiger partial charge is 0.334 e. The van der Waals surface area contributed by atoms with Gasteiger partial charge in [-0.2, -0.15) is 0 Å². The minimum absolute atomic E-state index is 0.134. The fourth-order valence-corrected chi connectivity index (χ4v) is 2.35. The van der Waals surface area contributed by atoms with Crippen LogP contribution in [-0.4, -0.2) is 53.2 Å². The third-order valence-corrected chi connectivity index (χ3v) is 3.56. The molecule has 0 atom stereocenters. The van der Waals surface area contributed by atoms with Gasteiger partial charge >= 0.3 is 17.8 Å². The van der Waals surface area contributed by atoms with Crippen LogP contribution < -0.4 is 5.32 Å². The quantitative estimate of drug-likeness (QED) is 0.586. The Morgan fingerprint density at radius 1 is 1.12 bits per heavy atom. The Morgan fingerprint density at radius 3 is 2.46 bits per heavy atom. The maximum atomic E-state index is 13.4. The average molecular weight is 335 g/mol. The van der Waals surface area contributed by atoms with Crippen LogP contribution in [0.2, 0.25) is 0 Å². The molecule has 0 unspecified atom stereocenters. The van der Waals surface area contributed by atoms with Crippen LogP contribution in [0.4, 0.5) is 9.18 Å². The molecule has 1 aromatic carbocycles. The van der Waals surface area contributed by atoms with Gasteiger partial charge in [0.1, 0.15) is 12.4 Å². The minimum Gasteiger partial charge on any atom is -0.354 e. The molecule has 24 heavy (non-hydrogen) atoms. The number of benzene rings is 1. The van der Waals surface area contributed by atoms with E-state index in [0.717, 1.165) is 4.90 Å². The zero-order chi connectivity index (χ0) is 17.7. The number of imide groups is 2. The first-order chi connectivity index (χ1) is 11.5. The van der Waals surface area contributed by atoms with Crippen LogP contribution in [0, 0.1) is 5.82 Å². The molecule has 0 aliphatic carbocycles. The summed E-state index contributed by atoms with van der Waals surface area (Å²) in [4.78, 5) is 48.7. The molecule has 1 aromatic rings. The van der Waals surface area contributed by atoms with Crippen LogP contribution in [0.15, 0.2) is 24.3 Å². The standard InChI is InChI=1S/C16H18FN3O4/c1-2-9-19-14(22)15(23)20(16(19)24)10-13(21)18-8-7-11-5-3-4-6-12(11)17/h3-6H,2,7-10H2,1H3,(H,18,21). The molecule has 2 rings (SSSR count). The molecule has 0 radical (unpaired) electrons. The average Bonchev–Trinajstić information content (AvgIpc) is 2.75. The van der Waals surface area contributed by atoms with E-state index < -0.39 is 30.3 Å². The summed E-state index contributed by atoms with van der Waals surface area (Å²) in [6.45, 7) is 1.53. The van der Waals surface area contributed by atoms with E-state index in [2.05, 4.69) is 5.32 Å². The van der Waals surface area contributed by atoms with Gasteiger partial charge in [0.25, 0.3) is 0 Å². The van der Waals surface area contributed by atoms with Gasteiger partial charge in [0.05, 0.1) is 0 Å². The van der Waals surface area contributed by atoms with Gasteiger partial charge in [0, 0.05) is 13.1 Å². The minimum atomic E-state index is -1.00. The Hall–Kier alpha value is -2.77. The molecule has 0 bridgehead atoms. The number of hydrogen-bond donors (Lipinski definition) is 1. The highest BCUT2D eigenvalue weighted by Gasteiger charge is 2.44. The number of nitrogens with one attached hydrogen (secondary N) is 1. The molecule has 1 aliphatic heterocycles. The van der Waals surface area contributed by atoms with E-state index in [9.17, 15) is 23.6 Å². The first-order valence-corrected chi connectivity index (χ1v) is 7.63. The second kappa shape index (κ2) is 7.67. The van der Waals surface area contributed by atoms with Crippen LogP contribution in [0.3, 0.4) is 0 Å². The zero-order valence-corrected chi connectivity index (χ0v) is 13.3. The van der Waals surface area contributed by atoms with Crippen LogP contribution >= 0.6 is 0 Å². The first kappa shape index (κ1) is 17.6. The zero-order valence-electron chi connectivity index (χ0n) is 13.3. The lowest BCUT2D eigenvalue weighted by atomic mass is 10.1. The summed E-state index contributed by atoms with van der Waals surface area (Å²) < 4.78 is 13.4. The number of urea groups is 1. The van der Waals surface area contributed by atoms with Crippen molar-refractivity contribution in [2.24, 2.45) is 0 Å². The van der Waals surface area contributed by atoms with E-state index in [4.69, 9.17) is 0 Å². The molecule has 1 fully saturated rings. The van der Waals surface area contributed by atoms with Crippen molar-refractivity contribution in [3.8, 4) is 0 Å². The van der Waals surface area contributed by atoms with Gasteiger partial charge in [-0.1, -0.05) is 25.1 Å². The highest BCUT2D eigenvalue weighted by Crippen LogP contribution is 2.12. The van der Waals surface area contributed by atoms with Crippen LogP contribution in [-0.2, 0) is 20.8 Å². The van der Waals surface area contributed by atoms with Crippen LogP contribution in [0.25, 0.3) is 0 Å². The first-order valence-electron chi connectivity index (χ1n) is 7.63. The molecule has 5 amide bonds. The second-order valence-corrected chi connectivity index (χ2v) is 5.32. The molecular weight excluding hydrogens is 317 g/mol. The molecule has 8 heteroatoms. The Balaban J connectivity index is 1.86. The highest BCUT2D eigenvalue weighted by molar-refractivity contribution is 6.45. The summed E-state index contributed by atoms with van der Waals surface area (Å²) in [6, 6.07) is 5.41. The summed E-state index contributed by atoms with van der Waals surface area (Å²) in [5.41, 5.74) is 0.454. The van der Waals surface area contributed by atoms with Crippen molar-refractivity contribution in [1.29, 1.82) is 0 Å². The van der Waals surface area contributed by atoms with Crippen molar-refractivity contribution in [3.05, 3.63) is 35.6 Å². The molecule has 0 saturated carbocycles. The Kier molecular flexibility index (Phi) is 5.62. The molecule has 1 heterocycles. The van der Waals surface area contributed by atoms with Crippen molar-refractivity contribution in [1.82, 2.24) is 15.1 Å². The molecular formula is C16H18FN3O4. The number of rotatable bonds is 7. The summed E-state index contributed by atoms with van der Waals surface area (Å²) in [6.07, 6.45) is 0.800. The number of halogens is 1. The molecule has 7 nitrogen and oxygen atoms in total. The van der Waals surface area contributed by atoms with Crippen molar-refractivity contribution >= 4 is 23.8 Å². The monoisotopic (exact) mass is 335 g/mol. The lowest BCUT2D eigenvalue weighted by molar-refractivity contribution is -0.144. The number of hydrogen-bond acceptors (Lipinski definition) is 4. The van der Waals surface area contributed by atoms with E-state index in [0.29, 0.717) is 16.9 Å². The fourth-order valence-electron chi connectivity index (χ4n) is 2.35. The molecule has 1 N–H and O–H groups in total. The molecule has 128 valence electrons. The maximum absolute atomic E-state index is 13.4. The Bertz CT molecular complexity index is 677. The lowest BCUT2D eigenvalue weighted by Crippen LogP contribution is -2.42. The van der Waals surface area contributed by atoms with Gasteiger partial charge in [0.15, 0.2) is 0 Å². The fraction of sp³-hybridized carbons (Fsp3) is 0.375. The molecule has 0 spiro atoms. The van der Waals surface area contributed by atoms with Crippen molar-refractivity contribution in [3.63, 3.8) is 0 Å². The molecule has 0 aromatic heterocycles. The summed E-state index contributed by atoms with van der Waals surface area (Å²) in [5.74, 6) is -2.87. The Labute approximate surface area is 138 Å². The summed E-state index contributed by atoms with van der Waals surface area (Å²) >= 11 is 0. The predicted molar refractivity (Wildman–Crippen MR) is 82.2 cm³/mol. The number of amides is 5. The Morgan fingerprint density at radius 2 is 1.79 bits per heavy atom. The van der Waals surface area contributed by atoms with Gasteiger partial charge in [-0.15, -0.1) is 0 Å².